The highest BCUT2D eigenvalue weighted by atomic mass is 35.5. The van der Waals surface area contributed by atoms with Gasteiger partial charge in [-0.25, -0.2) is 36.2 Å². The second kappa shape index (κ2) is 37.0. The Labute approximate surface area is 748 Å². The Morgan fingerprint density at radius 1 is 0.551 bits per heavy atom. The molecule has 2 amide bonds. The standard InChI is InChI=1S/C49H56ClN7O8S.C45H50ClN7O7S/c1-48(2)12-10-35(42(27-48)33-4-6-36(50)7-5-33)30-55-18-20-56(21-19-55)37-8-9-40(45(24-37)65-38-23-34-11-15-51-46(34)52-28-38)47(58)53-66(62,63)39-25-43(57(60)61)41-22-32(31-64-44(41)26-39)29-54-16-13-49(3,59)14-17-54;1-45(2)13-11-32(39(24-45)30-5-7-33(46)8-6-30)27-51-15-17-52(18-16-51)34-9-10-37(42(21-34)60-35-20-31-12-14-47-43(31)48-25-35)44(54)49-61(57,58)36-22-40(53(55)56)38-19-29(26-50(3)4)28-59-41(38)23-36/h4-9,11,15,23-26,28,32,59H,10,12-14,16-22,27,29-31H2,1-3H3,(H,51,52)(H,53,58);5-10,12,14,20-23,25,29H,11,13,15-19,24,26-28H2,1-4H3,(H,47,48)(H,49,54)/t32-;29-/m11/s1. The van der Waals surface area contributed by atoms with E-state index in [9.17, 15) is 51.8 Å². The maximum Gasteiger partial charge on any atom is 0.277 e. The number of amides is 2. The summed E-state index contributed by atoms with van der Waals surface area (Å²) in [7, 11) is -5.45. The molecule has 7 aliphatic rings. The first-order valence-corrected chi connectivity index (χ1v) is 46.8. The molecule has 0 spiro atoms. The van der Waals surface area contributed by atoms with E-state index in [0.717, 1.165) is 135 Å². The number of nitro groups is 2. The zero-order valence-electron chi connectivity index (χ0n) is 72.3. The Hall–Kier alpha value is -11.0. The van der Waals surface area contributed by atoms with Crippen LogP contribution in [0.15, 0.2) is 179 Å². The Morgan fingerprint density at radius 3 is 1.39 bits per heavy atom. The first-order chi connectivity index (χ1) is 60.6. The van der Waals surface area contributed by atoms with Gasteiger partial charge in [-0.2, -0.15) is 0 Å². The summed E-state index contributed by atoms with van der Waals surface area (Å²) in [5.41, 5.74) is 10.6. The highest BCUT2D eigenvalue weighted by Crippen LogP contribution is 2.47. The van der Waals surface area contributed by atoms with E-state index in [4.69, 9.17) is 42.1 Å². The van der Waals surface area contributed by atoms with Crippen LogP contribution in [-0.2, 0) is 32.9 Å². The number of piperidine rings is 1. The van der Waals surface area contributed by atoms with E-state index in [0.29, 0.717) is 98.9 Å². The van der Waals surface area contributed by atoms with Crippen molar-refractivity contribution >= 4 is 111 Å². The summed E-state index contributed by atoms with van der Waals surface area (Å²) in [5, 5.41) is 38.0. The van der Waals surface area contributed by atoms with Gasteiger partial charge in [0.2, 0.25) is 0 Å². The molecule has 3 fully saturated rings. The van der Waals surface area contributed by atoms with E-state index in [-0.39, 0.29) is 75.7 Å². The number of hydrogen-bond donors (Lipinski definition) is 5. The molecule has 0 saturated carbocycles. The van der Waals surface area contributed by atoms with Gasteiger partial charge < -0.3 is 53.6 Å². The molecule has 668 valence electrons. The molecule has 2 aliphatic carbocycles. The van der Waals surface area contributed by atoms with Crippen LogP contribution in [0.1, 0.15) is 129 Å². The minimum atomic E-state index is -4.65. The monoisotopic (exact) mass is 1800 g/mol. The average Bonchev–Trinajstić information content (AvgIpc) is 1.29. The lowest BCUT2D eigenvalue weighted by molar-refractivity contribution is -0.386. The van der Waals surface area contributed by atoms with Gasteiger partial charge in [0.1, 0.15) is 45.8 Å². The van der Waals surface area contributed by atoms with Crippen molar-refractivity contribution in [2.75, 3.05) is 129 Å². The number of nitrogens with zero attached hydrogens (tertiary/aromatic N) is 10. The summed E-state index contributed by atoms with van der Waals surface area (Å²) < 4.78 is 84.4. The van der Waals surface area contributed by atoms with Gasteiger partial charge in [-0.3, -0.25) is 39.6 Å². The highest BCUT2D eigenvalue weighted by molar-refractivity contribution is 7.90. The van der Waals surface area contributed by atoms with Gasteiger partial charge in [-0.15, -0.1) is 0 Å². The highest BCUT2D eigenvalue weighted by Gasteiger charge is 2.39. The molecular weight excluding hydrogens is 1700 g/mol. The molecule has 6 aromatic carbocycles. The van der Waals surface area contributed by atoms with Crippen LogP contribution in [0.3, 0.4) is 0 Å². The molecule has 29 nitrogen and oxygen atoms in total. The Kier molecular flexibility index (Phi) is 26.0. The minimum absolute atomic E-state index is 0.0113. The van der Waals surface area contributed by atoms with Crippen molar-refractivity contribution in [2.45, 2.75) is 114 Å². The van der Waals surface area contributed by atoms with Crippen LogP contribution in [0.5, 0.6) is 34.5 Å². The van der Waals surface area contributed by atoms with Gasteiger partial charge in [0.05, 0.1) is 73.1 Å². The van der Waals surface area contributed by atoms with Crippen LogP contribution in [0.25, 0.3) is 33.2 Å². The second-order valence-electron chi connectivity index (χ2n) is 36.7. The number of ether oxygens (including phenoxy) is 4. The molecule has 0 unspecified atom stereocenters. The van der Waals surface area contributed by atoms with Gasteiger partial charge >= 0.3 is 0 Å². The molecule has 0 bridgehead atoms. The number of halogens is 2. The van der Waals surface area contributed by atoms with Gasteiger partial charge in [-0.05, 0) is 191 Å². The van der Waals surface area contributed by atoms with Crippen LogP contribution >= 0.6 is 23.2 Å². The number of aromatic amines is 2. The third kappa shape index (κ3) is 21.2. The number of carbonyl (C=O) groups is 2. The number of aliphatic hydroxyl groups is 1. The number of likely N-dealkylation sites (tertiary alicyclic amines) is 1. The zero-order valence-corrected chi connectivity index (χ0v) is 75.4. The lowest BCUT2D eigenvalue weighted by Gasteiger charge is -2.39. The van der Waals surface area contributed by atoms with E-state index in [1.807, 2.05) is 62.3 Å². The average molecular weight is 1810 g/mol. The fraction of sp³-hybridized carbons (Fsp3) is 0.404. The molecule has 9 heterocycles. The Morgan fingerprint density at radius 2 is 0.969 bits per heavy atom. The van der Waals surface area contributed by atoms with Crippen molar-refractivity contribution in [1.82, 2.24) is 49.0 Å². The molecule has 4 aromatic heterocycles. The number of nitrogens with one attached hydrogen (secondary N) is 4. The number of nitro benzene ring substituents is 2. The number of carbonyl (C=O) groups excluding carboxylic acids is 2. The maximum atomic E-state index is 14.1. The minimum Gasteiger partial charge on any atom is -0.493 e. The fourth-order valence-electron chi connectivity index (χ4n) is 18.4. The van der Waals surface area contributed by atoms with Crippen LogP contribution in [0.4, 0.5) is 22.7 Å². The number of rotatable bonds is 24. The van der Waals surface area contributed by atoms with Gasteiger partial charge in [-0.1, -0.05) is 86.3 Å². The SMILES string of the molecule is CC1(C)CCC(CN2CCN(c3ccc(C(=O)NS(=O)(=O)c4cc5c(c([N+](=O)[O-])c4)C[C@H](CN4CCC(C)(O)CC4)CO5)c(Oc4cnc5[nH]ccc5c4)c3)CC2)=C(c2ccc(Cl)cc2)C1.CN(C)C[C@@H]1COc2cc(S(=O)(=O)NC(=O)c3ccc(N4CCN(CC5=C(c6ccc(Cl)cc6)CC(C)(C)CC5)CC4)cc3Oc3cnc4[nH]ccc4c3)cc([N+](=O)[O-])c2C1. The van der Waals surface area contributed by atoms with E-state index in [1.54, 1.807) is 60.9 Å². The van der Waals surface area contributed by atoms with Crippen molar-refractivity contribution < 1.29 is 60.3 Å². The smallest absolute Gasteiger partial charge is 0.277 e. The summed E-state index contributed by atoms with van der Waals surface area (Å²) in [4.78, 5) is 79.1. The number of hydrogen-bond acceptors (Lipinski definition) is 23. The molecule has 10 aromatic rings. The number of pyridine rings is 2. The molecule has 5 aliphatic heterocycles. The molecule has 3 saturated heterocycles. The van der Waals surface area contributed by atoms with Crippen molar-refractivity contribution in [2.24, 2.45) is 22.7 Å². The maximum absolute atomic E-state index is 14.1. The molecular formula is C94H106Cl2N14O15S2. The number of benzene rings is 6. The molecule has 2 atom stereocenters. The van der Waals surface area contributed by atoms with E-state index < -0.39 is 62.8 Å². The van der Waals surface area contributed by atoms with Crippen molar-refractivity contribution in [3.05, 3.63) is 233 Å². The Balaban J connectivity index is 0.000000187. The van der Waals surface area contributed by atoms with E-state index >= 15 is 0 Å². The lowest BCUT2D eigenvalue weighted by atomic mass is 9.72. The number of allylic oxidation sites excluding steroid dienone is 2. The third-order valence-electron chi connectivity index (χ3n) is 25.5. The number of aromatic nitrogens is 4. The molecule has 5 N–H and O–H groups in total. The van der Waals surface area contributed by atoms with Gasteiger partial charge in [0.15, 0.2) is 0 Å². The lowest BCUT2D eigenvalue weighted by Crippen LogP contribution is -2.47. The Bertz CT molecular complexity index is 6150. The number of H-pyrrole nitrogens is 2. The van der Waals surface area contributed by atoms with Crippen molar-refractivity contribution in [1.29, 1.82) is 0 Å². The third-order valence-corrected chi connectivity index (χ3v) is 28.6. The summed E-state index contributed by atoms with van der Waals surface area (Å²) in [6, 6.07) is 38.2. The molecule has 33 heteroatoms. The largest absolute Gasteiger partial charge is 0.493 e. The topological polar surface area (TPSA) is 347 Å². The summed E-state index contributed by atoms with van der Waals surface area (Å²) in [6.45, 7) is 22.2. The van der Waals surface area contributed by atoms with Gasteiger partial charge in [0, 0.05) is 184 Å². The van der Waals surface area contributed by atoms with Gasteiger partial charge in [0.25, 0.3) is 43.2 Å². The summed E-state index contributed by atoms with van der Waals surface area (Å²) in [5.74, 6) is -0.880. The predicted molar refractivity (Wildman–Crippen MR) is 490 cm³/mol. The van der Waals surface area contributed by atoms with Crippen LogP contribution in [0, 0.1) is 42.9 Å². The van der Waals surface area contributed by atoms with Crippen molar-refractivity contribution in [3.8, 4) is 34.5 Å². The number of fused-ring (bicyclic) bond motifs is 4. The second-order valence-corrected chi connectivity index (χ2v) is 40.9. The number of anilines is 2. The van der Waals surface area contributed by atoms with Crippen LogP contribution in [0.2, 0.25) is 10.0 Å². The summed E-state index contributed by atoms with van der Waals surface area (Å²) >= 11 is 12.5. The van der Waals surface area contributed by atoms with Crippen LogP contribution in [-0.4, -0.2) is 208 Å². The molecule has 127 heavy (non-hydrogen) atoms. The van der Waals surface area contributed by atoms with Crippen molar-refractivity contribution in [3.63, 3.8) is 0 Å². The van der Waals surface area contributed by atoms with E-state index in [2.05, 4.69) is 106 Å². The molecule has 17 rings (SSSR count). The van der Waals surface area contributed by atoms with Crippen LogP contribution < -0.4 is 38.2 Å². The number of sulfonamides is 2. The number of piperazine rings is 2. The molecule has 0 radical (unpaired) electrons. The zero-order chi connectivity index (χ0) is 89.4. The van der Waals surface area contributed by atoms with E-state index in [1.165, 1.54) is 57.9 Å². The quantitative estimate of drug-likeness (QED) is 0.0277. The first kappa shape index (κ1) is 89.4. The predicted octanol–water partition coefficient (Wildman–Crippen LogP) is 16.2. The fourth-order valence-corrected chi connectivity index (χ4v) is 20.6. The first-order valence-electron chi connectivity index (χ1n) is 43.1. The summed E-state index contributed by atoms with van der Waals surface area (Å²) in [6.07, 6.45) is 14.9. The normalized spacial score (nSPS) is 19.2.